The summed E-state index contributed by atoms with van der Waals surface area (Å²) in [5.74, 6) is -0.278. The van der Waals surface area contributed by atoms with E-state index in [9.17, 15) is 4.39 Å². The van der Waals surface area contributed by atoms with Gasteiger partial charge in [0.15, 0.2) is 0 Å². The fourth-order valence-corrected chi connectivity index (χ4v) is 2.13. The Labute approximate surface area is 121 Å². The summed E-state index contributed by atoms with van der Waals surface area (Å²) in [6, 6.07) is 5.23. The van der Waals surface area contributed by atoms with Crippen LogP contribution in [0.4, 0.5) is 4.39 Å². The Morgan fingerprint density at radius 3 is 2.37 bits per heavy atom. The van der Waals surface area contributed by atoms with Crippen LogP contribution in [0.2, 0.25) is 5.02 Å². The molecule has 0 aliphatic rings. The van der Waals surface area contributed by atoms with E-state index in [1.54, 1.807) is 6.07 Å². The van der Waals surface area contributed by atoms with E-state index in [-0.39, 0.29) is 21.8 Å². The molecule has 1 nitrogen and oxygen atoms in total. The van der Waals surface area contributed by atoms with Crippen molar-refractivity contribution in [1.82, 2.24) is 5.32 Å². The van der Waals surface area contributed by atoms with Crippen LogP contribution < -0.4 is 5.32 Å². The van der Waals surface area contributed by atoms with Crippen molar-refractivity contribution in [3.8, 4) is 0 Å². The number of benzene rings is 1. The number of hydrogen-bond acceptors (Lipinski definition) is 1. The van der Waals surface area contributed by atoms with Gasteiger partial charge in [0.1, 0.15) is 5.82 Å². The summed E-state index contributed by atoms with van der Waals surface area (Å²) in [7, 11) is 0. The summed E-state index contributed by atoms with van der Waals surface area (Å²) in [4.78, 5) is 0. The molecule has 3 heteroatoms. The predicted octanol–water partition coefficient (Wildman–Crippen LogP) is 4.83. The SMILES string of the molecule is CCC(C)(CNC(C)(C)C)Cc1cccc(Cl)c1F. The Hall–Kier alpha value is -0.600. The lowest BCUT2D eigenvalue weighted by Gasteiger charge is -2.33. The molecule has 1 aromatic rings. The van der Waals surface area contributed by atoms with E-state index >= 15 is 0 Å². The first-order chi connectivity index (χ1) is 8.67. The van der Waals surface area contributed by atoms with Gasteiger partial charge in [0, 0.05) is 12.1 Å². The number of halogens is 2. The van der Waals surface area contributed by atoms with Crippen LogP contribution in [0.25, 0.3) is 0 Å². The molecule has 1 unspecified atom stereocenters. The molecule has 1 rings (SSSR count). The van der Waals surface area contributed by atoms with E-state index in [1.807, 2.05) is 12.1 Å². The van der Waals surface area contributed by atoms with Crippen LogP contribution in [0.3, 0.4) is 0 Å². The van der Waals surface area contributed by atoms with Crippen molar-refractivity contribution < 1.29 is 4.39 Å². The van der Waals surface area contributed by atoms with Gasteiger partial charge in [-0.15, -0.1) is 0 Å². The molecular weight excluding hydrogens is 261 g/mol. The van der Waals surface area contributed by atoms with Crippen molar-refractivity contribution in [2.75, 3.05) is 6.54 Å². The summed E-state index contributed by atoms with van der Waals surface area (Å²) in [5, 5.41) is 3.72. The van der Waals surface area contributed by atoms with Crippen LogP contribution >= 0.6 is 11.6 Å². The van der Waals surface area contributed by atoms with Gasteiger partial charge in [-0.05, 0) is 50.7 Å². The van der Waals surface area contributed by atoms with Crippen LogP contribution in [0.5, 0.6) is 0 Å². The zero-order chi connectivity index (χ0) is 14.7. The van der Waals surface area contributed by atoms with E-state index in [4.69, 9.17) is 11.6 Å². The molecule has 1 aromatic carbocycles. The van der Waals surface area contributed by atoms with Crippen LogP contribution in [0, 0.1) is 11.2 Å². The quantitative estimate of drug-likeness (QED) is 0.817. The van der Waals surface area contributed by atoms with Crippen LogP contribution in [0.15, 0.2) is 18.2 Å². The highest BCUT2D eigenvalue weighted by atomic mass is 35.5. The Morgan fingerprint density at radius 1 is 1.21 bits per heavy atom. The molecule has 108 valence electrons. The van der Waals surface area contributed by atoms with Gasteiger partial charge in [-0.25, -0.2) is 4.39 Å². The monoisotopic (exact) mass is 285 g/mol. The zero-order valence-corrected chi connectivity index (χ0v) is 13.4. The lowest BCUT2D eigenvalue weighted by atomic mass is 9.80. The van der Waals surface area contributed by atoms with E-state index < -0.39 is 0 Å². The molecule has 0 aliphatic carbocycles. The topological polar surface area (TPSA) is 12.0 Å². The molecule has 19 heavy (non-hydrogen) atoms. The maximum atomic E-state index is 14.0. The maximum Gasteiger partial charge on any atom is 0.144 e. The fourth-order valence-electron chi connectivity index (χ4n) is 1.94. The van der Waals surface area contributed by atoms with Crippen LogP contribution in [-0.4, -0.2) is 12.1 Å². The highest BCUT2D eigenvalue weighted by molar-refractivity contribution is 6.30. The number of hydrogen-bond donors (Lipinski definition) is 1. The van der Waals surface area contributed by atoms with Crippen molar-refractivity contribution in [3.05, 3.63) is 34.6 Å². The third kappa shape index (κ3) is 5.12. The number of nitrogens with one attached hydrogen (secondary N) is 1. The summed E-state index contributed by atoms with van der Waals surface area (Å²) in [6.45, 7) is 11.6. The van der Waals surface area contributed by atoms with Crippen molar-refractivity contribution in [2.24, 2.45) is 5.41 Å². The highest BCUT2D eigenvalue weighted by Crippen LogP contribution is 2.29. The van der Waals surface area contributed by atoms with Gasteiger partial charge in [-0.3, -0.25) is 0 Å². The van der Waals surface area contributed by atoms with E-state index in [1.165, 1.54) is 0 Å². The standard InChI is InChI=1S/C16H25ClFN/c1-6-16(5,11-19-15(2,3)4)10-12-8-7-9-13(17)14(12)18/h7-9,19H,6,10-11H2,1-5H3. The molecule has 1 N–H and O–H groups in total. The molecule has 0 saturated carbocycles. The molecular formula is C16H25ClFN. The molecule has 0 saturated heterocycles. The third-order valence-corrected chi connectivity index (χ3v) is 3.84. The second-order valence-corrected chi connectivity index (χ2v) is 7.06. The Bertz CT molecular complexity index is 425. The van der Waals surface area contributed by atoms with Gasteiger partial charge >= 0.3 is 0 Å². The summed E-state index contributed by atoms with van der Waals surface area (Å²) in [6.07, 6.45) is 1.68. The first-order valence-corrected chi connectivity index (χ1v) is 7.22. The van der Waals surface area contributed by atoms with E-state index in [2.05, 4.69) is 39.9 Å². The first kappa shape index (κ1) is 16.5. The van der Waals surface area contributed by atoms with Gasteiger partial charge in [-0.1, -0.05) is 37.6 Å². The maximum absolute atomic E-state index is 14.0. The molecule has 0 aromatic heterocycles. The minimum Gasteiger partial charge on any atom is -0.312 e. The summed E-state index contributed by atoms with van der Waals surface area (Å²) >= 11 is 5.84. The molecule has 0 fully saturated rings. The van der Waals surface area contributed by atoms with Crippen molar-refractivity contribution in [1.29, 1.82) is 0 Å². The second kappa shape index (κ2) is 6.23. The average molecular weight is 286 g/mol. The molecule has 0 spiro atoms. The molecule has 0 heterocycles. The van der Waals surface area contributed by atoms with Gasteiger partial charge in [-0.2, -0.15) is 0 Å². The fraction of sp³-hybridized carbons (Fsp3) is 0.625. The molecule has 0 aliphatic heterocycles. The normalized spacial score (nSPS) is 15.3. The van der Waals surface area contributed by atoms with Crippen molar-refractivity contribution in [3.63, 3.8) is 0 Å². The summed E-state index contributed by atoms with van der Waals surface area (Å²) in [5.41, 5.74) is 0.801. The van der Waals surface area contributed by atoms with Gasteiger partial charge in [0.25, 0.3) is 0 Å². The molecule has 0 amide bonds. The van der Waals surface area contributed by atoms with Crippen LogP contribution in [-0.2, 0) is 6.42 Å². The van der Waals surface area contributed by atoms with E-state index in [0.29, 0.717) is 12.0 Å². The Morgan fingerprint density at radius 2 is 1.84 bits per heavy atom. The van der Waals surface area contributed by atoms with Crippen LogP contribution in [0.1, 0.15) is 46.6 Å². The minimum absolute atomic E-state index is 0.0266. The molecule has 0 bridgehead atoms. The largest absolute Gasteiger partial charge is 0.312 e. The van der Waals surface area contributed by atoms with Gasteiger partial charge in [0.05, 0.1) is 5.02 Å². The Balaban J connectivity index is 2.83. The number of rotatable bonds is 5. The summed E-state index contributed by atoms with van der Waals surface area (Å²) < 4.78 is 14.0. The lowest BCUT2D eigenvalue weighted by Crippen LogP contribution is -2.43. The van der Waals surface area contributed by atoms with Crippen molar-refractivity contribution >= 4 is 11.6 Å². The second-order valence-electron chi connectivity index (χ2n) is 6.66. The zero-order valence-electron chi connectivity index (χ0n) is 12.6. The minimum atomic E-state index is -0.278. The smallest absolute Gasteiger partial charge is 0.144 e. The average Bonchev–Trinajstić information content (AvgIpc) is 2.32. The van der Waals surface area contributed by atoms with Crippen molar-refractivity contribution in [2.45, 2.75) is 53.0 Å². The predicted molar refractivity (Wildman–Crippen MR) is 81.3 cm³/mol. The lowest BCUT2D eigenvalue weighted by molar-refractivity contribution is 0.252. The molecule has 1 atom stereocenters. The first-order valence-electron chi connectivity index (χ1n) is 6.85. The third-order valence-electron chi connectivity index (χ3n) is 3.55. The van der Waals surface area contributed by atoms with Gasteiger partial charge < -0.3 is 5.32 Å². The molecule has 0 radical (unpaired) electrons. The van der Waals surface area contributed by atoms with E-state index in [0.717, 1.165) is 13.0 Å². The Kier molecular flexibility index (Phi) is 5.40. The van der Waals surface area contributed by atoms with Gasteiger partial charge in [0.2, 0.25) is 0 Å². The highest BCUT2D eigenvalue weighted by Gasteiger charge is 2.26.